The van der Waals surface area contributed by atoms with Crippen LogP contribution in [0.25, 0.3) is 10.8 Å². The Morgan fingerprint density at radius 1 is 1.42 bits per heavy atom. The molecule has 0 fully saturated rings. The number of aromatic nitrogens is 3. The van der Waals surface area contributed by atoms with Crippen LogP contribution >= 0.6 is 11.6 Å². The van der Waals surface area contributed by atoms with Crippen molar-refractivity contribution in [1.82, 2.24) is 14.1 Å². The maximum Gasteiger partial charge on any atom is 0.258 e. The number of benzene rings is 1. The van der Waals surface area contributed by atoms with Gasteiger partial charge in [-0.05, 0) is 30.5 Å². The van der Waals surface area contributed by atoms with Crippen molar-refractivity contribution >= 4 is 34.0 Å². The van der Waals surface area contributed by atoms with Gasteiger partial charge in [0.2, 0.25) is 5.91 Å². The number of rotatable bonds is 3. The Morgan fingerprint density at radius 3 is 2.83 bits per heavy atom. The number of carbonyl (C=O) groups is 1. The van der Waals surface area contributed by atoms with Gasteiger partial charge in [-0.1, -0.05) is 11.6 Å². The third-order valence-corrected chi connectivity index (χ3v) is 4.79. The van der Waals surface area contributed by atoms with E-state index in [0.717, 1.165) is 16.8 Å². The molecule has 1 atom stereocenters. The standard InChI is InChI=1S/C17H15ClN4O2/c1-9-16-15(22(9)8-19-16)7-21-4-3-11-5-14(20-10(2)23)13(18)6-12(11)17(21)24/h3-6,8,15H,7H2,1-2H3,(H,20,23). The van der Waals surface area contributed by atoms with E-state index in [1.165, 1.54) is 6.92 Å². The topological polar surface area (TPSA) is 68.9 Å². The van der Waals surface area contributed by atoms with Gasteiger partial charge < -0.3 is 14.5 Å². The first-order chi connectivity index (χ1) is 11.5. The van der Waals surface area contributed by atoms with Crippen LogP contribution in [0, 0.1) is 6.92 Å². The highest BCUT2D eigenvalue weighted by atomic mass is 35.5. The minimum Gasteiger partial charge on any atom is -0.325 e. The summed E-state index contributed by atoms with van der Waals surface area (Å²) >= 11 is 6.19. The highest BCUT2D eigenvalue weighted by molar-refractivity contribution is 6.34. The normalized spacial score (nSPS) is 15.4. The zero-order chi connectivity index (χ0) is 17.0. The number of hydrogen-bond acceptors (Lipinski definition) is 3. The lowest BCUT2D eigenvalue weighted by molar-refractivity contribution is -0.114. The van der Waals surface area contributed by atoms with Crippen molar-refractivity contribution in [3.8, 4) is 0 Å². The van der Waals surface area contributed by atoms with Crippen LogP contribution in [-0.4, -0.2) is 20.0 Å². The van der Waals surface area contributed by atoms with Gasteiger partial charge in [-0.2, -0.15) is 0 Å². The smallest absolute Gasteiger partial charge is 0.258 e. The Labute approximate surface area is 142 Å². The van der Waals surface area contributed by atoms with Gasteiger partial charge in [-0.15, -0.1) is 0 Å². The Morgan fingerprint density at radius 2 is 2.21 bits per heavy atom. The molecule has 5 rings (SSSR count). The van der Waals surface area contributed by atoms with Crippen LogP contribution < -0.4 is 10.9 Å². The van der Waals surface area contributed by atoms with E-state index < -0.39 is 0 Å². The van der Waals surface area contributed by atoms with E-state index >= 15 is 0 Å². The number of nitrogens with zero attached hydrogens (tertiary/aromatic N) is 3. The fraction of sp³-hybridized carbons (Fsp3) is 0.235. The van der Waals surface area contributed by atoms with E-state index in [0.29, 0.717) is 22.6 Å². The van der Waals surface area contributed by atoms with Crippen molar-refractivity contribution in [1.29, 1.82) is 0 Å². The second-order valence-corrected chi connectivity index (χ2v) is 6.42. The van der Waals surface area contributed by atoms with E-state index in [1.54, 1.807) is 29.2 Å². The molecule has 1 aromatic carbocycles. The molecule has 24 heavy (non-hydrogen) atoms. The molecule has 6 nitrogen and oxygen atoms in total. The Bertz CT molecular complexity index is 1030. The van der Waals surface area contributed by atoms with Gasteiger partial charge in [0.1, 0.15) is 0 Å². The summed E-state index contributed by atoms with van der Waals surface area (Å²) in [7, 11) is 0. The monoisotopic (exact) mass is 342 g/mol. The first kappa shape index (κ1) is 15.0. The molecular formula is C17H15ClN4O2. The predicted octanol–water partition coefficient (Wildman–Crippen LogP) is 2.72. The maximum atomic E-state index is 12.7. The fourth-order valence-electron chi connectivity index (χ4n) is 3.24. The molecule has 7 heteroatoms. The molecule has 4 heterocycles. The molecule has 0 spiro atoms. The van der Waals surface area contributed by atoms with Crippen LogP contribution in [0.2, 0.25) is 5.02 Å². The molecule has 2 aliphatic heterocycles. The minimum atomic E-state index is -0.206. The summed E-state index contributed by atoms with van der Waals surface area (Å²) in [5.74, 6) is -0.206. The van der Waals surface area contributed by atoms with Crippen molar-refractivity contribution in [2.75, 3.05) is 5.32 Å². The molecule has 2 aliphatic rings. The SMILES string of the molecule is CC(=O)Nc1cc2ccn(CC3c4ncn3c4C)c(=O)c2cc1Cl. The second kappa shape index (κ2) is 5.21. The largest absolute Gasteiger partial charge is 0.325 e. The van der Waals surface area contributed by atoms with Gasteiger partial charge >= 0.3 is 0 Å². The zero-order valence-corrected chi connectivity index (χ0v) is 14.0. The number of anilines is 1. The molecule has 0 saturated heterocycles. The Kier molecular flexibility index (Phi) is 3.25. The molecule has 0 saturated carbocycles. The highest BCUT2D eigenvalue weighted by Gasteiger charge is 2.31. The van der Waals surface area contributed by atoms with Gasteiger partial charge in [0.15, 0.2) is 0 Å². The number of hydrogen-bond donors (Lipinski definition) is 1. The average molecular weight is 343 g/mol. The average Bonchev–Trinajstić information content (AvgIpc) is 3.12. The number of imidazole rings is 1. The van der Waals surface area contributed by atoms with Gasteiger partial charge in [0.05, 0.1) is 35.3 Å². The fourth-order valence-corrected chi connectivity index (χ4v) is 3.45. The molecule has 3 aromatic rings. The van der Waals surface area contributed by atoms with Crippen molar-refractivity contribution < 1.29 is 4.79 Å². The van der Waals surface area contributed by atoms with Gasteiger partial charge in [-0.3, -0.25) is 9.59 Å². The van der Waals surface area contributed by atoms with Crippen LogP contribution in [0.5, 0.6) is 0 Å². The van der Waals surface area contributed by atoms with Crippen molar-refractivity contribution in [2.45, 2.75) is 26.4 Å². The van der Waals surface area contributed by atoms with E-state index in [-0.39, 0.29) is 17.5 Å². The van der Waals surface area contributed by atoms with Crippen LogP contribution in [0.1, 0.15) is 24.4 Å². The summed E-state index contributed by atoms with van der Waals surface area (Å²) < 4.78 is 3.74. The third kappa shape index (κ3) is 2.14. The summed E-state index contributed by atoms with van der Waals surface area (Å²) in [5.41, 5.74) is 2.60. The molecule has 1 N–H and O–H groups in total. The molecule has 0 aliphatic carbocycles. The first-order valence-corrected chi connectivity index (χ1v) is 7.97. The summed E-state index contributed by atoms with van der Waals surface area (Å²) in [5, 5.41) is 4.29. The molecule has 2 aromatic heterocycles. The molecule has 1 amide bonds. The van der Waals surface area contributed by atoms with Crippen molar-refractivity contribution in [2.24, 2.45) is 0 Å². The van der Waals surface area contributed by atoms with E-state index in [1.807, 2.05) is 13.0 Å². The molecular weight excluding hydrogens is 328 g/mol. The Hall–Kier alpha value is -2.60. The quantitative estimate of drug-likeness (QED) is 0.795. The lowest BCUT2D eigenvalue weighted by Gasteiger charge is -2.26. The van der Waals surface area contributed by atoms with E-state index in [4.69, 9.17) is 11.6 Å². The number of nitrogens with one attached hydrogen (secondary N) is 1. The molecule has 122 valence electrons. The van der Waals surface area contributed by atoms with Gasteiger partial charge in [0.25, 0.3) is 5.56 Å². The Balaban J connectivity index is 1.72. The van der Waals surface area contributed by atoms with Gasteiger partial charge in [-0.25, -0.2) is 4.98 Å². The van der Waals surface area contributed by atoms with Crippen LogP contribution in [0.15, 0.2) is 35.5 Å². The summed E-state index contributed by atoms with van der Waals surface area (Å²) in [6.07, 6.45) is 3.57. The van der Waals surface area contributed by atoms with Crippen LogP contribution in [0.4, 0.5) is 5.69 Å². The first-order valence-electron chi connectivity index (χ1n) is 7.59. The number of amides is 1. The number of aryl methyl sites for hydroxylation is 1. The number of halogens is 1. The summed E-state index contributed by atoms with van der Waals surface area (Å²) in [6.45, 7) is 3.98. The van der Waals surface area contributed by atoms with Gasteiger partial charge in [0, 0.05) is 24.2 Å². The van der Waals surface area contributed by atoms with Crippen LogP contribution in [-0.2, 0) is 11.3 Å². The number of carbonyl (C=O) groups excluding carboxylic acids is 1. The summed E-state index contributed by atoms with van der Waals surface area (Å²) in [6, 6.07) is 5.32. The third-order valence-electron chi connectivity index (χ3n) is 4.48. The lowest BCUT2D eigenvalue weighted by Crippen LogP contribution is -2.30. The highest BCUT2D eigenvalue weighted by Crippen LogP contribution is 2.33. The minimum absolute atomic E-state index is 0.102. The van der Waals surface area contributed by atoms with Crippen molar-refractivity contribution in [3.63, 3.8) is 0 Å². The molecule has 1 unspecified atom stereocenters. The predicted molar refractivity (Wildman–Crippen MR) is 92.6 cm³/mol. The molecule has 2 bridgehead atoms. The van der Waals surface area contributed by atoms with Crippen molar-refractivity contribution in [3.05, 3.63) is 57.5 Å². The van der Waals surface area contributed by atoms with Crippen LogP contribution in [0.3, 0.4) is 0 Å². The number of pyridine rings is 1. The van der Waals surface area contributed by atoms with E-state index in [2.05, 4.69) is 14.9 Å². The van der Waals surface area contributed by atoms with E-state index in [9.17, 15) is 9.59 Å². The molecule has 0 radical (unpaired) electrons. The number of fused-ring (bicyclic) bond motifs is 2. The summed E-state index contributed by atoms with van der Waals surface area (Å²) in [4.78, 5) is 28.3. The maximum absolute atomic E-state index is 12.7. The zero-order valence-electron chi connectivity index (χ0n) is 13.2. The lowest BCUT2D eigenvalue weighted by atomic mass is 10.1. The second-order valence-electron chi connectivity index (χ2n) is 6.01.